The first-order chi connectivity index (χ1) is 7.06. The number of nitrogens with one attached hydrogen (secondary N) is 1. The van der Waals surface area contributed by atoms with Crippen LogP contribution in [0.4, 0.5) is 0 Å². The molecule has 0 radical (unpaired) electrons. The Bertz CT molecular complexity index is 210. The van der Waals surface area contributed by atoms with E-state index >= 15 is 0 Å². The summed E-state index contributed by atoms with van der Waals surface area (Å²) in [7, 11) is 0. The van der Waals surface area contributed by atoms with E-state index in [9.17, 15) is 0 Å². The average Bonchev–Trinajstić information content (AvgIpc) is 2.16. The van der Waals surface area contributed by atoms with Gasteiger partial charge < -0.3 is 10.1 Å². The maximum absolute atomic E-state index is 5.54. The monoisotopic (exact) mass is 212 g/mol. The van der Waals surface area contributed by atoms with E-state index in [0.717, 1.165) is 32.8 Å². The van der Waals surface area contributed by atoms with Crippen LogP contribution in [0, 0.1) is 5.41 Å². The molecule has 0 amide bonds. The minimum atomic E-state index is 0.423. The number of hydrogen-bond donors (Lipinski definition) is 1. The zero-order valence-electron chi connectivity index (χ0n) is 10.3. The number of hydrogen-bond acceptors (Lipinski definition) is 3. The van der Waals surface area contributed by atoms with Crippen molar-refractivity contribution in [3.05, 3.63) is 0 Å². The Morgan fingerprint density at radius 1 is 1.33 bits per heavy atom. The molecule has 0 bridgehead atoms. The smallest absolute Gasteiger partial charge is 0.0635 e. The summed E-state index contributed by atoms with van der Waals surface area (Å²) >= 11 is 0. The summed E-state index contributed by atoms with van der Waals surface area (Å²) in [6, 6.07) is 1.31. The molecule has 0 spiro atoms. The summed E-state index contributed by atoms with van der Waals surface area (Å²) < 4.78 is 5.54. The van der Waals surface area contributed by atoms with E-state index in [1.165, 1.54) is 6.42 Å². The van der Waals surface area contributed by atoms with E-state index in [4.69, 9.17) is 4.74 Å². The molecule has 2 rings (SSSR count). The van der Waals surface area contributed by atoms with Gasteiger partial charge in [0.1, 0.15) is 0 Å². The van der Waals surface area contributed by atoms with Crippen molar-refractivity contribution in [1.82, 2.24) is 10.2 Å². The highest BCUT2D eigenvalue weighted by molar-refractivity contribution is 4.90. The molecule has 1 N–H and O–H groups in total. The molecule has 2 heterocycles. The molecule has 2 aliphatic heterocycles. The van der Waals surface area contributed by atoms with Gasteiger partial charge in [0, 0.05) is 31.7 Å². The second-order valence-electron chi connectivity index (χ2n) is 6.04. The molecule has 2 unspecified atom stereocenters. The number of piperazine rings is 1. The molecule has 0 aromatic carbocycles. The molecule has 0 aromatic heterocycles. The predicted molar refractivity (Wildman–Crippen MR) is 62.0 cm³/mol. The summed E-state index contributed by atoms with van der Waals surface area (Å²) in [6.07, 6.45) is 1.27. The third-order valence-corrected chi connectivity index (χ3v) is 3.35. The van der Waals surface area contributed by atoms with E-state index < -0.39 is 0 Å². The lowest BCUT2D eigenvalue weighted by Gasteiger charge is -2.46. The maximum Gasteiger partial charge on any atom is 0.0635 e. The van der Waals surface area contributed by atoms with E-state index in [2.05, 4.69) is 31.0 Å². The molecule has 0 aromatic rings. The van der Waals surface area contributed by atoms with Gasteiger partial charge in [-0.2, -0.15) is 0 Å². The van der Waals surface area contributed by atoms with Gasteiger partial charge in [0.2, 0.25) is 0 Å². The Kier molecular flexibility index (Phi) is 3.33. The van der Waals surface area contributed by atoms with Crippen LogP contribution in [-0.2, 0) is 4.74 Å². The van der Waals surface area contributed by atoms with Crippen molar-refractivity contribution in [2.24, 2.45) is 5.41 Å². The fourth-order valence-corrected chi connectivity index (χ4v) is 2.75. The molecule has 2 atom stereocenters. The van der Waals surface area contributed by atoms with Gasteiger partial charge in [0.15, 0.2) is 0 Å². The molecular weight excluding hydrogens is 188 g/mol. The lowest BCUT2D eigenvalue weighted by molar-refractivity contribution is -0.0494. The largest absolute Gasteiger partial charge is 0.378 e. The fourth-order valence-electron chi connectivity index (χ4n) is 2.75. The van der Waals surface area contributed by atoms with Crippen LogP contribution in [0.2, 0.25) is 0 Å². The lowest BCUT2D eigenvalue weighted by Crippen LogP contribution is -2.62. The average molecular weight is 212 g/mol. The van der Waals surface area contributed by atoms with E-state index in [0.29, 0.717) is 17.5 Å². The van der Waals surface area contributed by atoms with Gasteiger partial charge in [0.25, 0.3) is 0 Å². The molecular formula is C12H24N2O. The molecule has 3 nitrogen and oxygen atoms in total. The van der Waals surface area contributed by atoms with E-state index in [1.54, 1.807) is 0 Å². The van der Waals surface area contributed by atoms with Gasteiger partial charge >= 0.3 is 0 Å². The minimum Gasteiger partial charge on any atom is -0.378 e. The highest BCUT2D eigenvalue weighted by Crippen LogP contribution is 2.26. The van der Waals surface area contributed by atoms with Crippen LogP contribution >= 0.6 is 0 Å². The second-order valence-corrected chi connectivity index (χ2v) is 6.04. The zero-order chi connectivity index (χ0) is 10.9. The maximum atomic E-state index is 5.54. The molecule has 3 heteroatoms. The van der Waals surface area contributed by atoms with Crippen molar-refractivity contribution in [3.63, 3.8) is 0 Å². The number of rotatable bonds is 1. The Balaban J connectivity index is 1.97. The van der Waals surface area contributed by atoms with Crippen molar-refractivity contribution in [3.8, 4) is 0 Å². The standard InChI is InChI=1S/C12H24N2O/c1-12(2,3)6-10-7-13-8-11-9-15-5-4-14(10)11/h10-11,13H,4-9H2,1-3H3. The number of morpholine rings is 1. The number of ether oxygens (including phenoxy) is 1. The Morgan fingerprint density at radius 2 is 2.13 bits per heavy atom. The van der Waals surface area contributed by atoms with Crippen LogP contribution in [0.15, 0.2) is 0 Å². The van der Waals surface area contributed by atoms with Gasteiger partial charge in [-0.05, 0) is 11.8 Å². The highest BCUT2D eigenvalue weighted by Gasteiger charge is 2.34. The van der Waals surface area contributed by atoms with Gasteiger partial charge in [-0.25, -0.2) is 0 Å². The van der Waals surface area contributed by atoms with Gasteiger partial charge in [0.05, 0.1) is 13.2 Å². The fraction of sp³-hybridized carbons (Fsp3) is 1.00. The summed E-state index contributed by atoms with van der Waals surface area (Å²) in [6.45, 7) is 12.2. The van der Waals surface area contributed by atoms with E-state index in [1.807, 2.05) is 0 Å². The van der Waals surface area contributed by atoms with Crippen molar-refractivity contribution in [2.45, 2.75) is 39.3 Å². The van der Waals surface area contributed by atoms with Crippen molar-refractivity contribution >= 4 is 0 Å². The third kappa shape index (κ3) is 2.92. The molecule has 2 fully saturated rings. The van der Waals surface area contributed by atoms with Crippen molar-refractivity contribution < 1.29 is 4.74 Å². The van der Waals surface area contributed by atoms with Crippen LogP contribution in [-0.4, -0.2) is 49.8 Å². The topological polar surface area (TPSA) is 24.5 Å². The molecule has 15 heavy (non-hydrogen) atoms. The van der Waals surface area contributed by atoms with Gasteiger partial charge in [-0.3, -0.25) is 4.90 Å². The lowest BCUT2D eigenvalue weighted by atomic mass is 9.86. The highest BCUT2D eigenvalue weighted by atomic mass is 16.5. The summed E-state index contributed by atoms with van der Waals surface area (Å²) in [4.78, 5) is 2.66. The second kappa shape index (κ2) is 4.40. The minimum absolute atomic E-state index is 0.423. The zero-order valence-corrected chi connectivity index (χ0v) is 10.3. The van der Waals surface area contributed by atoms with Crippen molar-refractivity contribution in [2.75, 3.05) is 32.8 Å². The van der Waals surface area contributed by atoms with Crippen molar-refractivity contribution in [1.29, 1.82) is 0 Å². The van der Waals surface area contributed by atoms with Gasteiger partial charge in [-0.1, -0.05) is 20.8 Å². The first kappa shape index (κ1) is 11.4. The SMILES string of the molecule is CC(C)(C)CC1CNCC2COCCN21. The molecule has 0 aliphatic carbocycles. The summed E-state index contributed by atoms with van der Waals surface area (Å²) in [5.41, 5.74) is 0.423. The first-order valence-electron chi connectivity index (χ1n) is 6.10. The Morgan fingerprint density at radius 3 is 2.87 bits per heavy atom. The third-order valence-electron chi connectivity index (χ3n) is 3.35. The molecule has 88 valence electrons. The molecule has 2 saturated heterocycles. The number of nitrogens with zero attached hydrogens (tertiary/aromatic N) is 1. The van der Waals surface area contributed by atoms with E-state index in [-0.39, 0.29) is 0 Å². The van der Waals surface area contributed by atoms with Crippen LogP contribution in [0.25, 0.3) is 0 Å². The molecule has 2 aliphatic rings. The quantitative estimate of drug-likeness (QED) is 0.704. The Hall–Kier alpha value is -0.120. The molecule has 0 saturated carbocycles. The number of fused-ring (bicyclic) bond motifs is 1. The van der Waals surface area contributed by atoms with Crippen LogP contribution in [0.5, 0.6) is 0 Å². The normalized spacial score (nSPS) is 33.8. The van der Waals surface area contributed by atoms with Crippen LogP contribution in [0.3, 0.4) is 0 Å². The summed E-state index contributed by atoms with van der Waals surface area (Å²) in [5, 5.41) is 3.53. The van der Waals surface area contributed by atoms with Crippen LogP contribution < -0.4 is 5.32 Å². The predicted octanol–water partition coefficient (Wildman–Crippen LogP) is 1.10. The first-order valence-corrected chi connectivity index (χ1v) is 6.10. The Labute approximate surface area is 93.2 Å². The van der Waals surface area contributed by atoms with Crippen LogP contribution in [0.1, 0.15) is 27.2 Å². The van der Waals surface area contributed by atoms with Gasteiger partial charge in [-0.15, -0.1) is 0 Å². The summed E-state index contributed by atoms with van der Waals surface area (Å²) in [5.74, 6) is 0.